The van der Waals surface area contributed by atoms with E-state index in [1.54, 1.807) is 11.0 Å². The molecule has 0 bridgehead atoms. The van der Waals surface area contributed by atoms with E-state index in [-0.39, 0.29) is 18.4 Å². The number of nitrogens with two attached hydrogens (primary N) is 1. The molecule has 3 N–H and O–H groups in total. The molecule has 0 spiro atoms. The number of fused-ring (bicyclic) bond motifs is 1. The van der Waals surface area contributed by atoms with Crippen LogP contribution in [0.25, 0.3) is 0 Å². The van der Waals surface area contributed by atoms with Crippen molar-refractivity contribution in [2.45, 2.75) is 45.8 Å². The summed E-state index contributed by atoms with van der Waals surface area (Å²) >= 11 is 0. The highest BCUT2D eigenvalue weighted by Gasteiger charge is 2.29. The summed E-state index contributed by atoms with van der Waals surface area (Å²) in [6.07, 6.45) is 1.17. The van der Waals surface area contributed by atoms with Crippen LogP contribution in [0.2, 0.25) is 0 Å². The van der Waals surface area contributed by atoms with Gasteiger partial charge in [-0.15, -0.1) is 0 Å². The van der Waals surface area contributed by atoms with E-state index in [9.17, 15) is 9.90 Å². The van der Waals surface area contributed by atoms with Crippen LogP contribution >= 0.6 is 0 Å². The Balaban J connectivity index is 2.34. The van der Waals surface area contributed by atoms with E-state index in [2.05, 4.69) is 0 Å². The van der Waals surface area contributed by atoms with E-state index in [1.165, 1.54) is 0 Å². The zero-order valence-electron chi connectivity index (χ0n) is 12.3. The average molecular weight is 278 g/mol. The number of hydrogen-bond acceptors (Lipinski definition) is 4. The maximum atomic E-state index is 12.2. The average Bonchev–Trinajstić information content (AvgIpc) is 2.37. The number of benzene rings is 1. The Kier molecular flexibility index (Phi) is 3.90. The van der Waals surface area contributed by atoms with Crippen molar-refractivity contribution in [3.8, 4) is 5.75 Å². The summed E-state index contributed by atoms with van der Waals surface area (Å²) in [6.45, 7) is 6.40. The molecule has 0 radical (unpaired) electrons. The minimum atomic E-state index is -0.534. The van der Waals surface area contributed by atoms with Gasteiger partial charge in [0, 0.05) is 24.2 Å². The highest BCUT2D eigenvalue weighted by atomic mass is 16.6. The van der Waals surface area contributed by atoms with E-state index in [0.29, 0.717) is 12.1 Å². The first-order chi connectivity index (χ1) is 9.33. The van der Waals surface area contributed by atoms with Gasteiger partial charge in [0.1, 0.15) is 11.4 Å². The van der Waals surface area contributed by atoms with Crippen LogP contribution in [-0.4, -0.2) is 23.3 Å². The van der Waals surface area contributed by atoms with Crippen LogP contribution in [0.15, 0.2) is 12.1 Å². The molecule has 110 valence electrons. The molecule has 0 aromatic heterocycles. The van der Waals surface area contributed by atoms with Crippen LogP contribution < -0.4 is 10.6 Å². The quantitative estimate of drug-likeness (QED) is 0.827. The summed E-state index contributed by atoms with van der Waals surface area (Å²) in [4.78, 5) is 13.8. The van der Waals surface area contributed by atoms with Gasteiger partial charge in [-0.05, 0) is 39.7 Å². The van der Waals surface area contributed by atoms with Crippen LogP contribution in [0.1, 0.15) is 38.3 Å². The largest absolute Gasteiger partial charge is 0.507 e. The maximum absolute atomic E-state index is 12.2. The molecule has 0 unspecified atom stereocenters. The molecule has 20 heavy (non-hydrogen) atoms. The lowest BCUT2D eigenvalue weighted by Gasteiger charge is -2.32. The molecule has 1 aliphatic rings. The Labute approximate surface area is 119 Å². The molecule has 0 saturated heterocycles. The molecule has 0 atom stereocenters. The number of anilines is 1. The number of phenolic OH excluding ortho intramolecular Hbond substituents is 1. The van der Waals surface area contributed by atoms with Crippen LogP contribution in [0, 0.1) is 0 Å². The zero-order chi connectivity index (χ0) is 14.9. The van der Waals surface area contributed by atoms with Crippen molar-refractivity contribution in [1.82, 2.24) is 0 Å². The van der Waals surface area contributed by atoms with E-state index in [0.717, 1.165) is 24.1 Å². The van der Waals surface area contributed by atoms with Crippen molar-refractivity contribution in [3.63, 3.8) is 0 Å². The molecule has 5 heteroatoms. The van der Waals surface area contributed by atoms with Gasteiger partial charge in [-0.3, -0.25) is 4.90 Å². The lowest BCUT2D eigenvalue weighted by Crippen LogP contribution is -2.39. The SMILES string of the molecule is CC(C)(C)OC(=O)N1CCCc2c1ccc(CN)c2O. The van der Waals surface area contributed by atoms with Gasteiger partial charge in [-0.2, -0.15) is 0 Å². The summed E-state index contributed by atoms with van der Waals surface area (Å²) < 4.78 is 5.41. The van der Waals surface area contributed by atoms with Gasteiger partial charge in [0.25, 0.3) is 0 Å². The van der Waals surface area contributed by atoms with Gasteiger partial charge < -0.3 is 15.6 Å². The second-order valence-corrected chi connectivity index (χ2v) is 6.01. The number of aromatic hydroxyl groups is 1. The smallest absolute Gasteiger partial charge is 0.414 e. The molecular weight excluding hydrogens is 256 g/mol. The number of ether oxygens (including phenoxy) is 1. The Hall–Kier alpha value is -1.75. The molecule has 1 heterocycles. The Morgan fingerprint density at radius 3 is 2.75 bits per heavy atom. The minimum Gasteiger partial charge on any atom is -0.507 e. The highest BCUT2D eigenvalue weighted by molar-refractivity contribution is 5.90. The van der Waals surface area contributed by atoms with Gasteiger partial charge in [0.15, 0.2) is 0 Å². The molecule has 5 nitrogen and oxygen atoms in total. The third-order valence-electron chi connectivity index (χ3n) is 3.27. The normalized spacial score (nSPS) is 14.9. The molecule has 1 aliphatic heterocycles. The number of carbonyl (C=O) groups excluding carboxylic acids is 1. The van der Waals surface area contributed by atoms with Gasteiger partial charge in [-0.1, -0.05) is 6.07 Å². The van der Waals surface area contributed by atoms with E-state index in [4.69, 9.17) is 10.5 Å². The summed E-state index contributed by atoms with van der Waals surface area (Å²) in [7, 11) is 0. The first-order valence-electron chi connectivity index (χ1n) is 6.88. The molecule has 0 saturated carbocycles. The summed E-state index contributed by atoms with van der Waals surface area (Å²) in [5.74, 6) is 0.207. The molecule has 1 aromatic rings. The van der Waals surface area contributed by atoms with Crippen LogP contribution in [0.4, 0.5) is 10.5 Å². The van der Waals surface area contributed by atoms with Crippen LogP contribution in [-0.2, 0) is 17.7 Å². The van der Waals surface area contributed by atoms with Crippen molar-refractivity contribution in [1.29, 1.82) is 0 Å². The second-order valence-electron chi connectivity index (χ2n) is 6.01. The van der Waals surface area contributed by atoms with Crippen molar-refractivity contribution >= 4 is 11.8 Å². The van der Waals surface area contributed by atoms with Gasteiger partial charge >= 0.3 is 6.09 Å². The molecule has 2 rings (SSSR count). The minimum absolute atomic E-state index is 0.207. The monoisotopic (exact) mass is 278 g/mol. The second kappa shape index (κ2) is 5.32. The van der Waals surface area contributed by atoms with Crippen molar-refractivity contribution in [2.75, 3.05) is 11.4 Å². The van der Waals surface area contributed by atoms with Gasteiger partial charge in [-0.25, -0.2) is 4.79 Å². The fourth-order valence-corrected chi connectivity index (χ4v) is 2.38. The fourth-order valence-electron chi connectivity index (χ4n) is 2.38. The third-order valence-corrected chi connectivity index (χ3v) is 3.27. The number of nitrogens with zero attached hydrogens (tertiary/aromatic N) is 1. The van der Waals surface area contributed by atoms with E-state index < -0.39 is 5.60 Å². The summed E-state index contributed by atoms with van der Waals surface area (Å²) in [5, 5.41) is 10.2. The molecule has 0 fully saturated rings. The van der Waals surface area contributed by atoms with E-state index in [1.807, 2.05) is 26.8 Å². The van der Waals surface area contributed by atoms with Gasteiger partial charge in [0.2, 0.25) is 0 Å². The van der Waals surface area contributed by atoms with Crippen LogP contribution in [0.3, 0.4) is 0 Å². The number of amides is 1. The first-order valence-corrected chi connectivity index (χ1v) is 6.88. The third kappa shape index (κ3) is 2.88. The lowest BCUT2D eigenvalue weighted by molar-refractivity contribution is 0.0578. The van der Waals surface area contributed by atoms with Crippen molar-refractivity contribution in [3.05, 3.63) is 23.3 Å². The van der Waals surface area contributed by atoms with Crippen molar-refractivity contribution in [2.24, 2.45) is 5.73 Å². The number of rotatable bonds is 1. The predicted octanol–water partition coefficient (Wildman–Crippen LogP) is 2.54. The Morgan fingerprint density at radius 1 is 1.45 bits per heavy atom. The fraction of sp³-hybridized carbons (Fsp3) is 0.533. The van der Waals surface area contributed by atoms with Gasteiger partial charge in [0.05, 0.1) is 5.69 Å². The maximum Gasteiger partial charge on any atom is 0.414 e. The van der Waals surface area contributed by atoms with Crippen LogP contribution in [0.5, 0.6) is 5.75 Å². The Morgan fingerprint density at radius 2 is 2.15 bits per heavy atom. The predicted molar refractivity (Wildman–Crippen MR) is 77.9 cm³/mol. The number of carbonyl (C=O) groups is 1. The standard InChI is InChI=1S/C15H22N2O3/c1-15(2,3)20-14(19)17-8-4-5-11-12(17)7-6-10(9-16)13(11)18/h6-7,18H,4-5,8-9,16H2,1-3H3. The summed E-state index contributed by atoms with van der Waals surface area (Å²) in [5.41, 5.74) is 7.27. The molecule has 1 aromatic carbocycles. The summed E-state index contributed by atoms with van der Waals surface area (Å²) in [6, 6.07) is 3.59. The highest BCUT2D eigenvalue weighted by Crippen LogP contribution is 2.36. The van der Waals surface area contributed by atoms with E-state index >= 15 is 0 Å². The molecule has 1 amide bonds. The zero-order valence-corrected chi connectivity index (χ0v) is 12.3. The molecular formula is C15H22N2O3. The number of phenols is 1. The Bertz CT molecular complexity index is 521. The molecule has 0 aliphatic carbocycles. The topological polar surface area (TPSA) is 75.8 Å². The lowest BCUT2D eigenvalue weighted by atomic mass is 9.98. The number of hydrogen-bond donors (Lipinski definition) is 2. The first kappa shape index (κ1) is 14.7. The van der Waals surface area contributed by atoms with Crippen molar-refractivity contribution < 1.29 is 14.6 Å².